The summed E-state index contributed by atoms with van der Waals surface area (Å²) in [7, 11) is 3.22. The molecule has 1 aliphatic rings. The highest BCUT2D eigenvalue weighted by Gasteiger charge is 2.20. The molecule has 3 rings (SSSR count). The summed E-state index contributed by atoms with van der Waals surface area (Å²) in [6.45, 7) is 3.46. The number of fused-ring (bicyclic) bond motifs is 1. The molecule has 0 unspecified atom stereocenters. The van der Waals surface area contributed by atoms with Gasteiger partial charge in [-0.1, -0.05) is 24.3 Å². The molecule has 0 atom stereocenters. The number of nitrogens with one attached hydrogen (secondary N) is 2. The average Bonchev–Trinajstić information content (AvgIpc) is 2.74. The van der Waals surface area contributed by atoms with Crippen LogP contribution in [0.3, 0.4) is 0 Å². The van der Waals surface area contributed by atoms with Gasteiger partial charge in [-0.15, -0.1) is 0 Å². The second kappa shape index (κ2) is 11.6. The quantitative estimate of drug-likeness (QED) is 0.779. The van der Waals surface area contributed by atoms with Gasteiger partial charge in [0.15, 0.2) is 0 Å². The Kier molecular flexibility index (Phi) is 8.82. The van der Waals surface area contributed by atoms with Crippen molar-refractivity contribution < 1.29 is 23.8 Å². The Balaban J connectivity index is 0.000000211. The van der Waals surface area contributed by atoms with E-state index < -0.39 is 0 Å². The molecule has 7 heteroatoms. The van der Waals surface area contributed by atoms with Gasteiger partial charge >= 0.3 is 6.09 Å². The number of ether oxygens (including phenoxy) is 3. The lowest BCUT2D eigenvalue weighted by Crippen LogP contribution is -2.32. The van der Waals surface area contributed by atoms with Gasteiger partial charge in [-0.2, -0.15) is 0 Å². The van der Waals surface area contributed by atoms with Crippen LogP contribution in [0.5, 0.6) is 11.5 Å². The van der Waals surface area contributed by atoms with Crippen LogP contribution in [-0.4, -0.2) is 45.9 Å². The molecule has 0 saturated heterocycles. The van der Waals surface area contributed by atoms with E-state index in [1.165, 1.54) is 0 Å². The van der Waals surface area contributed by atoms with E-state index in [9.17, 15) is 9.59 Å². The molecular formula is C22H28N2O5. The number of carbonyl (C=O) groups is 2. The molecule has 7 nitrogen and oxygen atoms in total. The average molecular weight is 400 g/mol. The van der Waals surface area contributed by atoms with E-state index in [1.807, 2.05) is 42.5 Å². The zero-order chi connectivity index (χ0) is 21.1. The van der Waals surface area contributed by atoms with Gasteiger partial charge in [0, 0.05) is 13.1 Å². The third kappa shape index (κ3) is 6.71. The summed E-state index contributed by atoms with van der Waals surface area (Å²) in [6.07, 6.45) is 1.28. The van der Waals surface area contributed by atoms with Gasteiger partial charge in [0.25, 0.3) is 5.91 Å². The summed E-state index contributed by atoms with van der Waals surface area (Å²) in [4.78, 5) is 22.5. The third-order valence-corrected chi connectivity index (χ3v) is 4.33. The third-order valence-electron chi connectivity index (χ3n) is 4.33. The van der Waals surface area contributed by atoms with Crippen molar-refractivity contribution in [3.8, 4) is 11.5 Å². The molecule has 0 fully saturated rings. The number of hydrogen-bond acceptors (Lipinski definition) is 5. The fourth-order valence-corrected chi connectivity index (χ4v) is 2.93. The van der Waals surface area contributed by atoms with Crippen LogP contribution < -0.4 is 20.1 Å². The van der Waals surface area contributed by atoms with Gasteiger partial charge < -0.3 is 24.8 Å². The Hall–Kier alpha value is -3.22. The maximum absolute atomic E-state index is 11.5. The normalized spacial score (nSPS) is 11.9. The molecule has 2 amide bonds. The van der Waals surface area contributed by atoms with Crippen LogP contribution in [0.1, 0.15) is 28.4 Å². The van der Waals surface area contributed by atoms with Gasteiger partial charge in [0.05, 0.1) is 26.4 Å². The summed E-state index contributed by atoms with van der Waals surface area (Å²) in [5, 5.41) is 5.46. The van der Waals surface area contributed by atoms with Crippen LogP contribution in [0.4, 0.5) is 4.79 Å². The monoisotopic (exact) mass is 400 g/mol. The van der Waals surface area contributed by atoms with Gasteiger partial charge in [0.2, 0.25) is 0 Å². The zero-order valence-electron chi connectivity index (χ0n) is 17.1. The molecule has 0 spiro atoms. The number of benzene rings is 2. The summed E-state index contributed by atoms with van der Waals surface area (Å²) in [5.74, 6) is 1.46. The zero-order valence-corrected chi connectivity index (χ0v) is 17.1. The molecule has 0 aliphatic carbocycles. The van der Waals surface area contributed by atoms with Gasteiger partial charge in [0.1, 0.15) is 11.5 Å². The lowest BCUT2D eigenvalue weighted by molar-refractivity contribution is 0.0942. The Morgan fingerprint density at radius 1 is 1.14 bits per heavy atom. The van der Waals surface area contributed by atoms with Crippen molar-refractivity contribution in [2.24, 2.45) is 0 Å². The van der Waals surface area contributed by atoms with E-state index in [1.54, 1.807) is 21.1 Å². The molecule has 2 aromatic rings. The van der Waals surface area contributed by atoms with Crippen LogP contribution in [0.25, 0.3) is 0 Å². The van der Waals surface area contributed by atoms with Crippen LogP contribution >= 0.6 is 0 Å². The highest BCUT2D eigenvalue weighted by molar-refractivity contribution is 5.99. The molecular weight excluding hydrogens is 372 g/mol. The van der Waals surface area contributed by atoms with Crippen LogP contribution in [-0.2, 0) is 17.6 Å². The molecule has 2 N–H and O–H groups in total. The minimum absolute atomic E-state index is 0.0290. The predicted molar refractivity (Wildman–Crippen MR) is 111 cm³/mol. The number of alkyl carbamates (subject to hydrolysis) is 1. The molecule has 0 aromatic heterocycles. The first-order chi connectivity index (χ1) is 14.1. The lowest BCUT2D eigenvalue weighted by Gasteiger charge is -2.18. The van der Waals surface area contributed by atoms with Gasteiger partial charge in [-0.05, 0) is 49.1 Å². The van der Waals surface area contributed by atoms with E-state index in [0.717, 1.165) is 36.3 Å². The topological polar surface area (TPSA) is 85.9 Å². The molecule has 2 aromatic carbocycles. The van der Waals surface area contributed by atoms with E-state index in [-0.39, 0.29) is 12.0 Å². The summed E-state index contributed by atoms with van der Waals surface area (Å²) < 4.78 is 15.0. The smallest absolute Gasteiger partial charge is 0.407 e. The number of methoxy groups -OCH3 is 2. The molecule has 0 saturated carbocycles. The summed E-state index contributed by atoms with van der Waals surface area (Å²) >= 11 is 0. The molecule has 1 heterocycles. The van der Waals surface area contributed by atoms with Crippen molar-refractivity contribution in [1.82, 2.24) is 10.6 Å². The Morgan fingerprint density at radius 3 is 2.66 bits per heavy atom. The first-order valence-corrected chi connectivity index (χ1v) is 9.56. The summed E-state index contributed by atoms with van der Waals surface area (Å²) in [5.41, 5.74) is 2.88. The predicted octanol–water partition coefficient (Wildman–Crippen LogP) is 2.96. The van der Waals surface area contributed by atoms with E-state index in [4.69, 9.17) is 14.2 Å². The van der Waals surface area contributed by atoms with Crippen molar-refractivity contribution in [2.75, 3.05) is 33.9 Å². The van der Waals surface area contributed by atoms with E-state index in [2.05, 4.69) is 10.6 Å². The second-order valence-electron chi connectivity index (χ2n) is 6.25. The van der Waals surface area contributed by atoms with Crippen LogP contribution in [0.15, 0.2) is 42.5 Å². The van der Waals surface area contributed by atoms with Crippen molar-refractivity contribution in [3.05, 3.63) is 59.2 Å². The maximum atomic E-state index is 11.5. The van der Waals surface area contributed by atoms with E-state index in [0.29, 0.717) is 24.5 Å². The number of rotatable bonds is 6. The highest BCUT2D eigenvalue weighted by Crippen LogP contribution is 2.24. The first-order valence-electron chi connectivity index (χ1n) is 9.56. The van der Waals surface area contributed by atoms with E-state index >= 15 is 0 Å². The van der Waals surface area contributed by atoms with Crippen molar-refractivity contribution >= 4 is 12.0 Å². The molecule has 29 heavy (non-hydrogen) atoms. The van der Waals surface area contributed by atoms with Crippen molar-refractivity contribution in [3.63, 3.8) is 0 Å². The minimum Gasteiger partial charge on any atom is -0.497 e. The fraction of sp³-hybridized carbons (Fsp3) is 0.364. The number of amides is 2. The lowest BCUT2D eigenvalue weighted by atomic mass is 10.00. The van der Waals surface area contributed by atoms with Crippen LogP contribution in [0, 0.1) is 0 Å². The number of carbonyl (C=O) groups excluding carboxylic acids is 2. The fourth-order valence-electron chi connectivity index (χ4n) is 2.93. The minimum atomic E-state index is -0.370. The van der Waals surface area contributed by atoms with Crippen LogP contribution in [0.2, 0.25) is 0 Å². The second-order valence-corrected chi connectivity index (χ2v) is 6.25. The molecule has 0 radical (unpaired) electrons. The van der Waals surface area contributed by atoms with Crippen molar-refractivity contribution in [1.29, 1.82) is 0 Å². The Labute approximate surface area is 171 Å². The standard InChI is InChI=1S/C12H17NO3.C10H11NO2/c1-3-16-12(14)13-8-7-10-5-4-6-11(9-10)15-2;1-13-8-4-2-3-7-5-6-11-10(12)9(7)8/h4-6,9H,3,7-8H2,1-2H3,(H,13,14);2-4H,5-6H2,1H3,(H,11,12). The Morgan fingerprint density at radius 2 is 1.93 bits per heavy atom. The molecule has 156 valence electrons. The molecule has 1 aliphatic heterocycles. The van der Waals surface area contributed by atoms with Gasteiger partial charge in [-0.25, -0.2) is 4.79 Å². The number of hydrogen-bond donors (Lipinski definition) is 2. The first kappa shape index (κ1) is 22.1. The largest absolute Gasteiger partial charge is 0.497 e. The maximum Gasteiger partial charge on any atom is 0.407 e. The van der Waals surface area contributed by atoms with Gasteiger partial charge in [-0.3, -0.25) is 4.79 Å². The highest BCUT2D eigenvalue weighted by atomic mass is 16.5. The van der Waals surface area contributed by atoms with Crippen molar-refractivity contribution in [2.45, 2.75) is 19.8 Å². The molecule has 0 bridgehead atoms. The Bertz CT molecular complexity index is 808. The summed E-state index contributed by atoms with van der Waals surface area (Å²) in [6, 6.07) is 13.5. The SMILES string of the molecule is CCOC(=O)NCCc1cccc(OC)c1.COc1cccc2c1C(=O)NCC2.